The number of benzene rings is 1. The molecule has 31 heavy (non-hydrogen) atoms. The Hall–Kier alpha value is -2.55. The Morgan fingerprint density at radius 2 is 1.58 bits per heavy atom. The van der Waals surface area contributed by atoms with Crippen LogP contribution in [0.25, 0.3) is 0 Å². The van der Waals surface area contributed by atoms with Gasteiger partial charge in [-0.15, -0.1) is 6.58 Å². The fourth-order valence-electron chi connectivity index (χ4n) is 3.15. The van der Waals surface area contributed by atoms with Crippen molar-refractivity contribution in [1.82, 2.24) is 0 Å². The molecule has 0 amide bonds. The molecule has 170 valence electrons. The molecule has 0 heterocycles. The predicted octanol–water partition coefficient (Wildman–Crippen LogP) is 7.92. The standard InChI is InChI=1S/C28H40O3/c1-4-6-7-8-9-10-11-12-13-14-15-16-17-18-19-21-28(29)31-26-23-22-25(20-5-2)24-27(26)30-3/h5-7,9-10,12-13,22-24H,2,4,8,11,14-21H2,1,3H3/b7-6-,10-9-,13-12-. The number of hydrogen-bond acceptors (Lipinski definition) is 3. The van der Waals surface area contributed by atoms with Gasteiger partial charge in [-0.2, -0.15) is 0 Å². The summed E-state index contributed by atoms with van der Waals surface area (Å²) in [6.07, 6.45) is 26.2. The highest BCUT2D eigenvalue weighted by Gasteiger charge is 2.10. The third kappa shape index (κ3) is 13.4. The van der Waals surface area contributed by atoms with Crippen LogP contribution in [0.5, 0.6) is 11.5 Å². The number of allylic oxidation sites excluding steroid dienone is 7. The van der Waals surface area contributed by atoms with Gasteiger partial charge < -0.3 is 9.47 Å². The number of hydrogen-bond donors (Lipinski definition) is 0. The first-order valence-corrected chi connectivity index (χ1v) is 11.6. The van der Waals surface area contributed by atoms with Crippen molar-refractivity contribution < 1.29 is 14.3 Å². The Morgan fingerprint density at radius 3 is 2.29 bits per heavy atom. The summed E-state index contributed by atoms with van der Waals surface area (Å²) in [4.78, 5) is 12.1. The summed E-state index contributed by atoms with van der Waals surface area (Å²) in [5, 5.41) is 0. The average molecular weight is 425 g/mol. The van der Waals surface area contributed by atoms with Crippen molar-refractivity contribution in [3.63, 3.8) is 0 Å². The summed E-state index contributed by atoms with van der Waals surface area (Å²) >= 11 is 0. The molecular weight excluding hydrogens is 384 g/mol. The van der Waals surface area contributed by atoms with Crippen LogP contribution in [0, 0.1) is 0 Å². The summed E-state index contributed by atoms with van der Waals surface area (Å²) in [6.45, 7) is 5.89. The topological polar surface area (TPSA) is 35.5 Å². The van der Waals surface area contributed by atoms with Gasteiger partial charge in [-0.1, -0.05) is 74.8 Å². The maximum atomic E-state index is 12.1. The molecule has 1 rings (SSSR count). The third-order valence-corrected chi connectivity index (χ3v) is 4.86. The van der Waals surface area contributed by atoms with Crippen molar-refractivity contribution in [2.75, 3.05) is 7.11 Å². The zero-order chi connectivity index (χ0) is 22.6. The van der Waals surface area contributed by atoms with E-state index in [0.717, 1.165) is 56.9 Å². The number of methoxy groups -OCH3 is 1. The normalized spacial score (nSPS) is 11.5. The van der Waals surface area contributed by atoms with Crippen LogP contribution in [0.2, 0.25) is 0 Å². The number of carbonyl (C=O) groups excluding carboxylic acids is 1. The molecule has 0 aliphatic rings. The van der Waals surface area contributed by atoms with E-state index in [1.807, 2.05) is 18.2 Å². The van der Waals surface area contributed by atoms with Crippen LogP contribution in [0.15, 0.2) is 67.3 Å². The quantitative estimate of drug-likeness (QED) is 0.110. The summed E-state index contributed by atoms with van der Waals surface area (Å²) in [7, 11) is 1.59. The van der Waals surface area contributed by atoms with E-state index in [9.17, 15) is 4.79 Å². The molecular formula is C28H40O3. The van der Waals surface area contributed by atoms with Gasteiger partial charge >= 0.3 is 5.97 Å². The number of unbranched alkanes of at least 4 members (excludes halogenated alkanes) is 5. The highest BCUT2D eigenvalue weighted by Crippen LogP contribution is 2.29. The highest BCUT2D eigenvalue weighted by atomic mass is 16.6. The van der Waals surface area contributed by atoms with E-state index in [0.29, 0.717) is 17.9 Å². The van der Waals surface area contributed by atoms with Crippen LogP contribution < -0.4 is 9.47 Å². The Morgan fingerprint density at radius 1 is 0.903 bits per heavy atom. The van der Waals surface area contributed by atoms with Crippen LogP contribution in [0.4, 0.5) is 0 Å². The van der Waals surface area contributed by atoms with Crippen LogP contribution in [-0.2, 0) is 11.2 Å². The Labute approximate surface area is 189 Å². The first-order chi connectivity index (χ1) is 15.2. The predicted molar refractivity (Wildman–Crippen MR) is 132 cm³/mol. The third-order valence-electron chi connectivity index (χ3n) is 4.86. The lowest BCUT2D eigenvalue weighted by atomic mass is 10.1. The SMILES string of the molecule is C=CCc1ccc(OC(=O)CCCCCCC/C=C\C/C=C\C/C=C\CC)c(OC)c1. The average Bonchev–Trinajstić information content (AvgIpc) is 2.77. The molecule has 0 unspecified atom stereocenters. The van der Waals surface area contributed by atoms with Gasteiger partial charge in [-0.05, 0) is 62.6 Å². The van der Waals surface area contributed by atoms with Crippen molar-refractivity contribution >= 4 is 5.97 Å². The van der Waals surface area contributed by atoms with E-state index < -0.39 is 0 Å². The minimum absolute atomic E-state index is 0.198. The maximum absolute atomic E-state index is 12.1. The fourth-order valence-corrected chi connectivity index (χ4v) is 3.15. The minimum atomic E-state index is -0.198. The molecule has 0 aliphatic heterocycles. The summed E-state index contributed by atoms with van der Waals surface area (Å²) in [5.74, 6) is 0.875. The Balaban J connectivity index is 2.09. The van der Waals surface area contributed by atoms with Gasteiger partial charge in [-0.3, -0.25) is 4.79 Å². The molecule has 3 heteroatoms. The zero-order valence-corrected chi connectivity index (χ0v) is 19.5. The number of ether oxygens (including phenoxy) is 2. The molecule has 0 saturated carbocycles. The molecule has 1 aromatic carbocycles. The molecule has 0 radical (unpaired) electrons. The lowest BCUT2D eigenvalue weighted by Gasteiger charge is -2.10. The van der Waals surface area contributed by atoms with Crippen LogP contribution in [0.3, 0.4) is 0 Å². The molecule has 0 spiro atoms. The van der Waals surface area contributed by atoms with Crippen molar-refractivity contribution in [3.05, 3.63) is 72.9 Å². The van der Waals surface area contributed by atoms with E-state index >= 15 is 0 Å². The summed E-state index contributed by atoms with van der Waals surface area (Å²) in [5.41, 5.74) is 1.08. The minimum Gasteiger partial charge on any atom is -0.493 e. The van der Waals surface area contributed by atoms with E-state index in [4.69, 9.17) is 9.47 Å². The Bertz CT molecular complexity index is 713. The molecule has 0 saturated heterocycles. The summed E-state index contributed by atoms with van der Waals surface area (Å²) in [6, 6.07) is 5.62. The van der Waals surface area contributed by atoms with E-state index in [2.05, 4.69) is 50.0 Å². The molecule has 0 atom stereocenters. The molecule has 0 aromatic heterocycles. The number of esters is 1. The molecule has 0 fully saturated rings. The highest BCUT2D eigenvalue weighted by molar-refractivity contribution is 5.73. The molecule has 1 aromatic rings. The van der Waals surface area contributed by atoms with Gasteiger partial charge in [0.25, 0.3) is 0 Å². The van der Waals surface area contributed by atoms with E-state index in [-0.39, 0.29) is 5.97 Å². The van der Waals surface area contributed by atoms with Gasteiger partial charge in [0.1, 0.15) is 0 Å². The van der Waals surface area contributed by atoms with Crippen LogP contribution in [-0.4, -0.2) is 13.1 Å². The van der Waals surface area contributed by atoms with Crippen LogP contribution in [0.1, 0.15) is 76.7 Å². The smallest absolute Gasteiger partial charge is 0.311 e. The van der Waals surface area contributed by atoms with Gasteiger partial charge in [-0.25, -0.2) is 0 Å². The lowest BCUT2D eigenvalue weighted by molar-refractivity contribution is -0.134. The lowest BCUT2D eigenvalue weighted by Crippen LogP contribution is -2.08. The van der Waals surface area contributed by atoms with Gasteiger partial charge in [0, 0.05) is 6.42 Å². The monoisotopic (exact) mass is 424 g/mol. The molecule has 0 N–H and O–H groups in total. The van der Waals surface area contributed by atoms with Gasteiger partial charge in [0.2, 0.25) is 0 Å². The van der Waals surface area contributed by atoms with E-state index in [1.54, 1.807) is 13.2 Å². The first-order valence-electron chi connectivity index (χ1n) is 11.6. The van der Waals surface area contributed by atoms with Gasteiger partial charge in [0.05, 0.1) is 7.11 Å². The summed E-state index contributed by atoms with van der Waals surface area (Å²) < 4.78 is 10.8. The number of carbonyl (C=O) groups is 1. The van der Waals surface area contributed by atoms with E-state index in [1.165, 1.54) is 12.8 Å². The van der Waals surface area contributed by atoms with Crippen molar-refractivity contribution in [2.45, 2.75) is 77.6 Å². The number of rotatable bonds is 17. The van der Waals surface area contributed by atoms with Crippen LogP contribution >= 0.6 is 0 Å². The van der Waals surface area contributed by atoms with Crippen molar-refractivity contribution in [3.8, 4) is 11.5 Å². The molecule has 3 nitrogen and oxygen atoms in total. The Kier molecular flexibility index (Phi) is 15.6. The molecule has 0 bridgehead atoms. The van der Waals surface area contributed by atoms with Crippen molar-refractivity contribution in [2.24, 2.45) is 0 Å². The fraction of sp³-hybridized carbons (Fsp3) is 0.464. The maximum Gasteiger partial charge on any atom is 0.311 e. The largest absolute Gasteiger partial charge is 0.493 e. The second kappa shape index (κ2) is 18.2. The zero-order valence-electron chi connectivity index (χ0n) is 19.5. The molecule has 0 aliphatic carbocycles. The first kappa shape index (κ1) is 26.5. The van der Waals surface area contributed by atoms with Gasteiger partial charge in [0.15, 0.2) is 11.5 Å². The second-order valence-corrected chi connectivity index (χ2v) is 7.55. The second-order valence-electron chi connectivity index (χ2n) is 7.55. The van der Waals surface area contributed by atoms with Crippen molar-refractivity contribution in [1.29, 1.82) is 0 Å².